The Kier molecular flexibility index (Phi) is 5.00. The van der Waals surface area contributed by atoms with Crippen LogP contribution < -0.4 is 9.47 Å². The number of methoxy groups -OCH3 is 1. The highest BCUT2D eigenvalue weighted by atomic mass is 35.5. The summed E-state index contributed by atoms with van der Waals surface area (Å²) in [5.74, 6) is 1.53. The molecule has 6 heteroatoms. The van der Waals surface area contributed by atoms with E-state index >= 15 is 0 Å². The summed E-state index contributed by atoms with van der Waals surface area (Å²) >= 11 is 5.85. The third-order valence-electron chi connectivity index (χ3n) is 2.97. The molecule has 0 aromatic heterocycles. The lowest BCUT2D eigenvalue weighted by atomic mass is 10.2. The monoisotopic (exact) mass is 307 g/mol. The molecule has 0 unspecified atom stereocenters. The summed E-state index contributed by atoms with van der Waals surface area (Å²) in [5.41, 5.74) is 1.47. The molecule has 2 aromatic rings. The molecule has 0 radical (unpaired) electrons. The zero-order chi connectivity index (χ0) is 15.2. The van der Waals surface area contributed by atoms with Gasteiger partial charge in [0.2, 0.25) is 0 Å². The minimum absolute atomic E-state index is 0.0000264. The smallest absolute Gasteiger partial charge is 0.270 e. The van der Waals surface area contributed by atoms with Crippen LogP contribution in [0.1, 0.15) is 11.1 Å². The molecule has 0 N–H and O–H groups in total. The van der Waals surface area contributed by atoms with Gasteiger partial charge in [-0.1, -0.05) is 18.2 Å². The van der Waals surface area contributed by atoms with Crippen LogP contribution in [0.2, 0.25) is 0 Å². The number of para-hydroxylation sites is 1. The maximum atomic E-state index is 10.8. The molecule has 0 saturated carbocycles. The molecular formula is C15H14ClNO4. The second-order valence-electron chi connectivity index (χ2n) is 4.28. The average molecular weight is 308 g/mol. The topological polar surface area (TPSA) is 61.6 Å². The summed E-state index contributed by atoms with van der Waals surface area (Å²) in [5, 5.41) is 10.8. The van der Waals surface area contributed by atoms with Crippen LogP contribution in [0.3, 0.4) is 0 Å². The van der Waals surface area contributed by atoms with E-state index < -0.39 is 4.92 Å². The van der Waals surface area contributed by atoms with Gasteiger partial charge >= 0.3 is 0 Å². The van der Waals surface area contributed by atoms with E-state index in [4.69, 9.17) is 21.1 Å². The Balaban J connectivity index is 2.22. The van der Waals surface area contributed by atoms with Crippen LogP contribution in [-0.4, -0.2) is 12.0 Å². The predicted octanol–water partition coefficient (Wildman–Crippen LogP) is 3.92. The van der Waals surface area contributed by atoms with Crippen LogP contribution in [0.5, 0.6) is 11.5 Å². The van der Waals surface area contributed by atoms with Gasteiger partial charge in [-0.15, -0.1) is 11.6 Å². The normalized spacial score (nSPS) is 10.2. The van der Waals surface area contributed by atoms with Gasteiger partial charge < -0.3 is 9.47 Å². The first-order valence-electron chi connectivity index (χ1n) is 6.23. The fourth-order valence-electron chi connectivity index (χ4n) is 1.90. The van der Waals surface area contributed by atoms with Crippen LogP contribution in [0.15, 0.2) is 42.5 Å². The highest BCUT2D eigenvalue weighted by Gasteiger charge is 2.12. The van der Waals surface area contributed by atoms with Crippen LogP contribution in [-0.2, 0) is 12.5 Å². The molecule has 21 heavy (non-hydrogen) atoms. The Morgan fingerprint density at radius 2 is 1.90 bits per heavy atom. The Bertz CT molecular complexity index is 645. The van der Waals surface area contributed by atoms with Crippen molar-refractivity contribution in [1.82, 2.24) is 0 Å². The first kappa shape index (κ1) is 15.1. The molecule has 0 atom stereocenters. The number of alkyl halides is 1. The van der Waals surface area contributed by atoms with Crippen LogP contribution in [0.25, 0.3) is 0 Å². The number of nitrogens with zero attached hydrogens (tertiary/aromatic N) is 1. The van der Waals surface area contributed by atoms with Crippen molar-refractivity contribution in [3.05, 3.63) is 63.7 Å². The van der Waals surface area contributed by atoms with Crippen molar-refractivity contribution in [2.24, 2.45) is 0 Å². The second-order valence-corrected chi connectivity index (χ2v) is 4.55. The first-order chi connectivity index (χ1) is 10.2. The van der Waals surface area contributed by atoms with Gasteiger partial charge in [-0.2, -0.15) is 0 Å². The Hall–Kier alpha value is -2.27. The van der Waals surface area contributed by atoms with Gasteiger partial charge in [-0.3, -0.25) is 10.1 Å². The first-order valence-corrected chi connectivity index (χ1v) is 6.77. The number of hydrogen-bond donors (Lipinski definition) is 0. The standard InChI is InChI=1S/C15H14ClNO4/c1-20-14-7-6-13(17(18)19)8-12(14)10-21-15-5-3-2-4-11(15)9-16/h2-8H,9-10H2,1H3. The fraction of sp³-hybridized carbons (Fsp3) is 0.200. The van der Waals surface area contributed by atoms with Crippen LogP contribution in [0, 0.1) is 10.1 Å². The molecule has 2 rings (SSSR count). The van der Waals surface area contributed by atoms with Gasteiger partial charge in [0.05, 0.1) is 17.9 Å². The minimum atomic E-state index is -0.449. The number of rotatable bonds is 6. The van der Waals surface area contributed by atoms with Gasteiger partial charge in [-0.05, 0) is 12.1 Å². The van der Waals surface area contributed by atoms with Gasteiger partial charge in [-0.25, -0.2) is 0 Å². The number of ether oxygens (including phenoxy) is 2. The van der Waals surface area contributed by atoms with Gasteiger partial charge in [0.15, 0.2) is 0 Å². The van der Waals surface area contributed by atoms with E-state index in [9.17, 15) is 10.1 Å². The number of hydrogen-bond acceptors (Lipinski definition) is 4. The molecule has 0 fully saturated rings. The lowest BCUT2D eigenvalue weighted by Crippen LogP contribution is -2.01. The van der Waals surface area contributed by atoms with Crippen molar-refractivity contribution in [1.29, 1.82) is 0 Å². The highest BCUT2D eigenvalue weighted by molar-refractivity contribution is 6.17. The van der Waals surface area contributed by atoms with E-state index in [1.165, 1.54) is 19.2 Å². The predicted molar refractivity (Wildman–Crippen MR) is 80.0 cm³/mol. The quantitative estimate of drug-likeness (QED) is 0.461. The molecule has 110 valence electrons. The molecule has 5 nitrogen and oxygen atoms in total. The van der Waals surface area contributed by atoms with Crippen molar-refractivity contribution < 1.29 is 14.4 Å². The largest absolute Gasteiger partial charge is 0.496 e. The van der Waals surface area contributed by atoms with E-state index in [0.29, 0.717) is 22.9 Å². The molecule has 2 aromatic carbocycles. The van der Waals surface area contributed by atoms with Gasteiger partial charge in [0, 0.05) is 23.3 Å². The lowest BCUT2D eigenvalue weighted by Gasteiger charge is -2.12. The number of nitro benzene ring substituents is 1. The lowest BCUT2D eigenvalue weighted by molar-refractivity contribution is -0.385. The number of benzene rings is 2. The van der Waals surface area contributed by atoms with Crippen molar-refractivity contribution in [2.45, 2.75) is 12.5 Å². The maximum Gasteiger partial charge on any atom is 0.270 e. The van der Waals surface area contributed by atoms with E-state index in [2.05, 4.69) is 0 Å². The SMILES string of the molecule is COc1ccc([N+](=O)[O-])cc1COc1ccccc1CCl. The van der Waals surface area contributed by atoms with E-state index in [0.717, 1.165) is 5.56 Å². The van der Waals surface area contributed by atoms with Gasteiger partial charge in [0.1, 0.15) is 18.1 Å². The average Bonchev–Trinajstić information content (AvgIpc) is 2.52. The molecule has 0 aliphatic heterocycles. The van der Waals surface area contributed by atoms with Gasteiger partial charge in [0.25, 0.3) is 5.69 Å². The zero-order valence-electron chi connectivity index (χ0n) is 11.4. The zero-order valence-corrected chi connectivity index (χ0v) is 12.2. The molecule has 0 spiro atoms. The molecule has 0 aliphatic rings. The summed E-state index contributed by atoms with van der Waals surface area (Å²) < 4.78 is 10.9. The number of non-ortho nitro benzene ring substituents is 1. The molecule has 0 saturated heterocycles. The van der Waals surface area contributed by atoms with Crippen molar-refractivity contribution in [3.8, 4) is 11.5 Å². The molecule has 0 heterocycles. The van der Waals surface area contributed by atoms with Crippen LogP contribution >= 0.6 is 11.6 Å². The summed E-state index contributed by atoms with van der Waals surface area (Å²) in [6, 6.07) is 11.8. The summed E-state index contributed by atoms with van der Waals surface area (Å²) in [4.78, 5) is 10.4. The van der Waals surface area contributed by atoms with E-state index in [1.807, 2.05) is 24.3 Å². The summed E-state index contributed by atoms with van der Waals surface area (Å²) in [6.07, 6.45) is 0. The Morgan fingerprint density at radius 3 is 2.57 bits per heavy atom. The molecule has 0 bridgehead atoms. The number of nitro groups is 1. The minimum Gasteiger partial charge on any atom is -0.496 e. The highest BCUT2D eigenvalue weighted by Crippen LogP contribution is 2.27. The van der Waals surface area contributed by atoms with Crippen molar-refractivity contribution in [2.75, 3.05) is 7.11 Å². The Morgan fingerprint density at radius 1 is 1.14 bits per heavy atom. The van der Waals surface area contributed by atoms with Crippen molar-refractivity contribution in [3.63, 3.8) is 0 Å². The van der Waals surface area contributed by atoms with Crippen LogP contribution in [0.4, 0.5) is 5.69 Å². The molecular weight excluding hydrogens is 294 g/mol. The number of halogens is 1. The summed E-state index contributed by atoms with van der Waals surface area (Å²) in [6.45, 7) is 0.165. The third kappa shape index (κ3) is 3.64. The maximum absolute atomic E-state index is 10.8. The summed E-state index contributed by atoms with van der Waals surface area (Å²) in [7, 11) is 1.51. The van der Waals surface area contributed by atoms with Crippen molar-refractivity contribution >= 4 is 17.3 Å². The Labute approximate surface area is 127 Å². The fourth-order valence-corrected chi connectivity index (χ4v) is 2.12. The molecule has 0 amide bonds. The van der Waals surface area contributed by atoms with E-state index in [-0.39, 0.29) is 12.3 Å². The van der Waals surface area contributed by atoms with E-state index in [1.54, 1.807) is 6.07 Å². The second kappa shape index (κ2) is 6.95. The third-order valence-corrected chi connectivity index (χ3v) is 3.26. The molecule has 0 aliphatic carbocycles.